The van der Waals surface area contributed by atoms with Gasteiger partial charge in [0, 0.05) is 17.5 Å². The Morgan fingerprint density at radius 1 is 1.12 bits per heavy atom. The molecule has 0 spiro atoms. The lowest BCUT2D eigenvalue weighted by atomic mass is 10.2. The van der Waals surface area contributed by atoms with Gasteiger partial charge in [-0.1, -0.05) is 23.5 Å². The van der Waals surface area contributed by atoms with E-state index in [0.29, 0.717) is 30.3 Å². The first-order valence-electron chi connectivity index (χ1n) is 10.2. The number of thiazole rings is 1. The number of benzene rings is 2. The van der Waals surface area contributed by atoms with Crippen molar-refractivity contribution in [1.82, 2.24) is 9.97 Å². The van der Waals surface area contributed by atoms with E-state index in [-0.39, 0.29) is 11.7 Å². The summed E-state index contributed by atoms with van der Waals surface area (Å²) in [5, 5.41) is 0.631. The van der Waals surface area contributed by atoms with Gasteiger partial charge in [-0.3, -0.25) is 14.7 Å². The number of nitrogens with zero attached hydrogens (tertiary/aromatic N) is 3. The second-order valence-corrected chi connectivity index (χ2v) is 9.19. The number of thioether (sulfide) groups is 1. The second kappa shape index (κ2) is 10.6. The normalized spacial score (nSPS) is 10.9. The van der Waals surface area contributed by atoms with Gasteiger partial charge in [0.05, 0.1) is 24.0 Å². The smallest absolute Gasteiger partial charge is 0.229 e. The quantitative estimate of drug-likeness (QED) is 0.225. The van der Waals surface area contributed by atoms with Crippen molar-refractivity contribution in [1.29, 1.82) is 0 Å². The van der Waals surface area contributed by atoms with E-state index in [1.165, 1.54) is 23.5 Å². The van der Waals surface area contributed by atoms with Crippen LogP contribution in [-0.4, -0.2) is 28.7 Å². The number of hydrogen-bond donors (Lipinski definition) is 0. The predicted molar refractivity (Wildman–Crippen MR) is 128 cm³/mol. The molecule has 1 amide bonds. The van der Waals surface area contributed by atoms with Gasteiger partial charge < -0.3 is 4.74 Å². The van der Waals surface area contributed by atoms with Crippen molar-refractivity contribution in [3.63, 3.8) is 0 Å². The molecule has 0 saturated heterocycles. The van der Waals surface area contributed by atoms with Crippen LogP contribution in [0.15, 0.2) is 71.8 Å². The van der Waals surface area contributed by atoms with Crippen molar-refractivity contribution in [2.24, 2.45) is 0 Å². The highest BCUT2D eigenvalue weighted by atomic mass is 32.2. The molecule has 4 rings (SSSR count). The molecule has 32 heavy (non-hydrogen) atoms. The number of pyridine rings is 1. The average molecular weight is 468 g/mol. The van der Waals surface area contributed by atoms with Crippen LogP contribution in [0.2, 0.25) is 0 Å². The van der Waals surface area contributed by atoms with Gasteiger partial charge in [-0.2, -0.15) is 0 Å². The Balaban J connectivity index is 1.48. The fourth-order valence-electron chi connectivity index (χ4n) is 3.19. The van der Waals surface area contributed by atoms with E-state index in [9.17, 15) is 9.18 Å². The van der Waals surface area contributed by atoms with Crippen LogP contribution in [0.5, 0.6) is 5.75 Å². The standard InChI is InChI=1S/C24H22FN3O2S2/c1-30-20-7-4-8-21-23(20)27-24(32-21)28(16-18-6-2-3-14-26-18)22(29)9-5-15-31-19-12-10-17(25)11-13-19/h2-4,6-8,10-14H,5,9,15-16H2,1H3. The lowest BCUT2D eigenvalue weighted by Gasteiger charge is -2.19. The SMILES string of the molecule is COc1cccc2sc(N(Cc3ccccn3)C(=O)CCCSc3ccc(F)cc3)nc12. The Labute approximate surface area is 194 Å². The van der Waals surface area contributed by atoms with E-state index in [1.54, 1.807) is 42.1 Å². The summed E-state index contributed by atoms with van der Waals surface area (Å²) in [5.74, 6) is 1.20. The molecule has 0 saturated carbocycles. The van der Waals surface area contributed by atoms with Crippen LogP contribution in [-0.2, 0) is 11.3 Å². The first-order chi connectivity index (χ1) is 15.6. The molecule has 0 bridgehead atoms. The maximum Gasteiger partial charge on any atom is 0.229 e. The highest BCUT2D eigenvalue weighted by Crippen LogP contribution is 2.35. The van der Waals surface area contributed by atoms with Gasteiger partial charge >= 0.3 is 0 Å². The molecule has 0 N–H and O–H groups in total. The van der Waals surface area contributed by atoms with Gasteiger partial charge in [-0.15, -0.1) is 11.8 Å². The predicted octanol–water partition coefficient (Wildman–Crippen LogP) is 5.94. The number of anilines is 1. The maximum absolute atomic E-state index is 13.2. The van der Waals surface area contributed by atoms with Gasteiger partial charge in [-0.05, 0) is 60.7 Å². The largest absolute Gasteiger partial charge is 0.494 e. The fraction of sp³-hybridized carbons (Fsp3) is 0.208. The minimum Gasteiger partial charge on any atom is -0.494 e. The Bertz CT molecular complexity index is 1180. The van der Waals surface area contributed by atoms with Gasteiger partial charge in [0.25, 0.3) is 0 Å². The summed E-state index contributed by atoms with van der Waals surface area (Å²) in [6, 6.07) is 17.8. The zero-order valence-corrected chi connectivity index (χ0v) is 19.2. The molecule has 0 unspecified atom stereocenters. The minimum absolute atomic E-state index is 0.00613. The van der Waals surface area contributed by atoms with Crippen molar-refractivity contribution >= 4 is 44.4 Å². The zero-order chi connectivity index (χ0) is 22.3. The molecule has 4 aromatic rings. The van der Waals surface area contributed by atoms with Gasteiger partial charge in [0.1, 0.15) is 17.1 Å². The first-order valence-corrected chi connectivity index (χ1v) is 12.0. The van der Waals surface area contributed by atoms with Gasteiger partial charge in [0.15, 0.2) is 5.13 Å². The van der Waals surface area contributed by atoms with Crippen LogP contribution in [0.4, 0.5) is 9.52 Å². The molecular formula is C24H22FN3O2S2. The third-order valence-electron chi connectivity index (χ3n) is 4.79. The number of aromatic nitrogens is 2. The van der Waals surface area contributed by atoms with Gasteiger partial charge in [-0.25, -0.2) is 9.37 Å². The number of ether oxygens (including phenoxy) is 1. The van der Waals surface area contributed by atoms with E-state index < -0.39 is 0 Å². The van der Waals surface area contributed by atoms with Crippen LogP contribution in [0.3, 0.4) is 0 Å². The Morgan fingerprint density at radius 3 is 2.72 bits per heavy atom. The number of halogens is 1. The summed E-state index contributed by atoms with van der Waals surface area (Å²) < 4.78 is 19.5. The van der Waals surface area contributed by atoms with Crippen LogP contribution >= 0.6 is 23.1 Å². The molecule has 0 radical (unpaired) electrons. The maximum atomic E-state index is 13.2. The summed E-state index contributed by atoms with van der Waals surface area (Å²) in [7, 11) is 1.61. The van der Waals surface area contributed by atoms with Crippen molar-refractivity contribution in [3.05, 3.63) is 78.4 Å². The molecular weight excluding hydrogens is 445 g/mol. The molecule has 2 heterocycles. The third-order valence-corrected chi connectivity index (χ3v) is 6.93. The number of carbonyl (C=O) groups excluding carboxylic acids is 1. The number of methoxy groups -OCH3 is 1. The van der Waals surface area contributed by atoms with Crippen molar-refractivity contribution in [2.45, 2.75) is 24.3 Å². The summed E-state index contributed by atoms with van der Waals surface area (Å²) in [6.07, 6.45) is 2.81. The monoisotopic (exact) mass is 467 g/mol. The molecule has 164 valence electrons. The van der Waals surface area contributed by atoms with Crippen LogP contribution in [0.1, 0.15) is 18.5 Å². The van der Waals surface area contributed by atoms with Crippen LogP contribution in [0.25, 0.3) is 10.2 Å². The molecule has 5 nitrogen and oxygen atoms in total. The number of fused-ring (bicyclic) bond motifs is 1. The molecule has 2 aromatic heterocycles. The van der Waals surface area contributed by atoms with E-state index in [1.807, 2.05) is 36.4 Å². The molecule has 0 aliphatic rings. The van der Waals surface area contributed by atoms with Crippen molar-refractivity contribution in [2.75, 3.05) is 17.8 Å². The third kappa shape index (κ3) is 5.44. The molecule has 8 heteroatoms. The van der Waals surface area contributed by atoms with E-state index in [0.717, 1.165) is 26.6 Å². The molecule has 0 atom stereocenters. The summed E-state index contributed by atoms with van der Waals surface area (Å²) in [5.41, 5.74) is 1.55. The van der Waals surface area contributed by atoms with Gasteiger partial charge in [0.2, 0.25) is 5.91 Å². The molecule has 0 aliphatic carbocycles. The number of rotatable bonds is 9. The molecule has 0 fully saturated rings. The Morgan fingerprint density at radius 2 is 1.97 bits per heavy atom. The topological polar surface area (TPSA) is 55.3 Å². The fourth-order valence-corrected chi connectivity index (χ4v) is 5.04. The Kier molecular flexibility index (Phi) is 7.34. The summed E-state index contributed by atoms with van der Waals surface area (Å²) >= 11 is 3.08. The van der Waals surface area contributed by atoms with E-state index in [4.69, 9.17) is 9.72 Å². The van der Waals surface area contributed by atoms with E-state index in [2.05, 4.69) is 4.98 Å². The highest BCUT2D eigenvalue weighted by molar-refractivity contribution is 7.99. The minimum atomic E-state index is -0.248. The number of hydrogen-bond acceptors (Lipinski definition) is 6. The summed E-state index contributed by atoms with van der Waals surface area (Å²) in [4.78, 5) is 25.0. The molecule has 2 aromatic carbocycles. The zero-order valence-electron chi connectivity index (χ0n) is 17.5. The van der Waals surface area contributed by atoms with Crippen molar-refractivity contribution in [3.8, 4) is 5.75 Å². The highest BCUT2D eigenvalue weighted by Gasteiger charge is 2.21. The number of carbonyl (C=O) groups is 1. The molecule has 0 aliphatic heterocycles. The first kappa shape index (κ1) is 22.2. The summed E-state index contributed by atoms with van der Waals surface area (Å²) in [6.45, 7) is 0.354. The lowest BCUT2D eigenvalue weighted by Crippen LogP contribution is -2.30. The number of amides is 1. The average Bonchev–Trinajstić information content (AvgIpc) is 3.26. The Hall–Kier alpha value is -2.97. The van der Waals surface area contributed by atoms with Crippen molar-refractivity contribution < 1.29 is 13.9 Å². The van der Waals surface area contributed by atoms with Crippen LogP contribution in [0, 0.1) is 5.82 Å². The number of para-hydroxylation sites is 1. The van der Waals surface area contributed by atoms with Crippen LogP contribution < -0.4 is 9.64 Å². The lowest BCUT2D eigenvalue weighted by molar-refractivity contribution is -0.118. The van der Waals surface area contributed by atoms with E-state index >= 15 is 0 Å². The second-order valence-electron chi connectivity index (χ2n) is 7.01.